The Hall–Kier alpha value is -1.68. The molecule has 0 aromatic heterocycles. The molecular formula is C17H15BrFNO. The minimum atomic E-state index is -0.334. The Morgan fingerprint density at radius 2 is 1.95 bits per heavy atom. The number of anilines is 1. The van der Waals surface area contributed by atoms with Gasteiger partial charge in [-0.3, -0.25) is 4.79 Å². The average Bonchev–Trinajstić information content (AvgIpc) is 2.50. The summed E-state index contributed by atoms with van der Waals surface area (Å²) < 4.78 is 13.6. The summed E-state index contributed by atoms with van der Waals surface area (Å²) in [5, 5.41) is 2.87. The molecule has 1 aliphatic rings. The summed E-state index contributed by atoms with van der Waals surface area (Å²) >= 11 is 3.13. The third-order valence-corrected chi connectivity index (χ3v) is 4.51. The molecule has 0 saturated heterocycles. The summed E-state index contributed by atoms with van der Waals surface area (Å²) in [5.74, 6) is -0.355. The Balaban J connectivity index is 1.70. The summed E-state index contributed by atoms with van der Waals surface area (Å²) in [4.78, 5) is 12.4. The maximum absolute atomic E-state index is 13.2. The molecule has 2 aromatic rings. The molecule has 3 rings (SSSR count). The van der Waals surface area contributed by atoms with Gasteiger partial charge in [0, 0.05) is 11.6 Å². The van der Waals surface area contributed by atoms with Crippen LogP contribution in [0.1, 0.15) is 17.5 Å². The largest absolute Gasteiger partial charge is 0.326 e. The smallest absolute Gasteiger partial charge is 0.227 e. The van der Waals surface area contributed by atoms with Crippen molar-refractivity contribution in [1.82, 2.24) is 0 Å². The number of hydrogen-bond donors (Lipinski definition) is 1. The lowest BCUT2D eigenvalue weighted by molar-refractivity contribution is -0.120. The second-order valence-electron chi connectivity index (χ2n) is 5.33. The molecule has 0 radical (unpaired) electrons. The van der Waals surface area contributed by atoms with Gasteiger partial charge in [-0.25, -0.2) is 4.39 Å². The maximum Gasteiger partial charge on any atom is 0.227 e. The summed E-state index contributed by atoms with van der Waals surface area (Å²) in [6.07, 6.45) is 2.55. The average molecular weight is 348 g/mol. The zero-order valence-corrected chi connectivity index (χ0v) is 13.0. The van der Waals surface area contributed by atoms with Crippen molar-refractivity contribution < 1.29 is 9.18 Å². The first kappa shape index (κ1) is 14.3. The van der Waals surface area contributed by atoms with Crippen LogP contribution < -0.4 is 5.32 Å². The fourth-order valence-electron chi connectivity index (χ4n) is 2.74. The SMILES string of the molecule is O=C(Nc1ccc(F)c(Br)c1)C1CCc2ccccc2C1. The highest BCUT2D eigenvalue weighted by molar-refractivity contribution is 9.10. The molecular weight excluding hydrogens is 333 g/mol. The summed E-state index contributed by atoms with van der Waals surface area (Å²) in [6, 6.07) is 12.8. The lowest BCUT2D eigenvalue weighted by Crippen LogP contribution is -2.28. The van der Waals surface area contributed by atoms with E-state index in [0.29, 0.717) is 10.2 Å². The van der Waals surface area contributed by atoms with Crippen molar-refractivity contribution in [1.29, 1.82) is 0 Å². The molecule has 108 valence electrons. The summed E-state index contributed by atoms with van der Waals surface area (Å²) in [6.45, 7) is 0. The van der Waals surface area contributed by atoms with E-state index in [1.807, 2.05) is 12.1 Å². The molecule has 0 heterocycles. The third kappa shape index (κ3) is 3.16. The lowest BCUT2D eigenvalue weighted by Gasteiger charge is -2.23. The first-order valence-corrected chi connectivity index (χ1v) is 7.75. The fraction of sp³-hybridized carbons (Fsp3) is 0.235. The highest BCUT2D eigenvalue weighted by atomic mass is 79.9. The molecule has 2 nitrogen and oxygen atoms in total. The molecule has 4 heteroatoms. The number of rotatable bonds is 2. The molecule has 1 atom stereocenters. The van der Waals surface area contributed by atoms with Crippen LogP contribution in [0.2, 0.25) is 0 Å². The Bertz CT molecular complexity index is 686. The second-order valence-corrected chi connectivity index (χ2v) is 6.18. The topological polar surface area (TPSA) is 29.1 Å². The lowest BCUT2D eigenvalue weighted by atomic mass is 9.83. The van der Waals surface area contributed by atoms with Crippen molar-refractivity contribution in [2.75, 3.05) is 5.32 Å². The molecule has 1 amide bonds. The molecule has 0 bridgehead atoms. The van der Waals surface area contributed by atoms with Crippen LogP contribution in [-0.4, -0.2) is 5.91 Å². The number of benzene rings is 2. The number of fused-ring (bicyclic) bond motifs is 1. The number of amides is 1. The van der Waals surface area contributed by atoms with Crippen molar-refractivity contribution in [3.63, 3.8) is 0 Å². The monoisotopic (exact) mass is 347 g/mol. The van der Waals surface area contributed by atoms with E-state index in [1.54, 1.807) is 12.1 Å². The summed E-state index contributed by atoms with van der Waals surface area (Å²) in [5.41, 5.74) is 3.21. The van der Waals surface area contributed by atoms with Crippen LogP contribution in [0.5, 0.6) is 0 Å². The van der Waals surface area contributed by atoms with Crippen molar-refractivity contribution in [3.05, 3.63) is 63.9 Å². The molecule has 2 aromatic carbocycles. The number of carbonyl (C=O) groups is 1. The molecule has 1 N–H and O–H groups in total. The molecule has 0 aliphatic heterocycles. The van der Waals surface area contributed by atoms with Crippen molar-refractivity contribution in [3.8, 4) is 0 Å². The number of aryl methyl sites for hydroxylation is 1. The number of carbonyl (C=O) groups excluding carboxylic acids is 1. The van der Waals surface area contributed by atoms with Crippen molar-refractivity contribution in [2.45, 2.75) is 19.3 Å². The fourth-order valence-corrected chi connectivity index (χ4v) is 3.12. The zero-order valence-electron chi connectivity index (χ0n) is 11.4. The van der Waals surface area contributed by atoms with Gasteiger partial charge in [0.2, 0.25) is 5.91 Å². The van der Waals surface area contributed by atoms with Gasteiger partial charge in [0.25, 0.3) is 0 Å². The van der Waals surface area contributed by atoms with Crippen molar-refractivity contribution in [2.24, 2.45) is 5.92 Å². The van der Waals surface area contributed by atoms with Gasteiger partial charge in [-0.1, -0.05) is 24.3 Å². The van der Waals surface area contributed by atoms with Gasteiger partial charge in [-0.15, -0.1) is 0 Å². The van der Waals surface area contributed by atoms with E-state index in [-0.39, 0.29) is 17.6 Å². The standard InChI is InChI=1S/C17H15BrFNO/c18-15-10-14(7-8-16(15)19)20-17(21)13-6-5-11-3-1-2-4-12(11)9-13/h1-4,7-8,10,13H,5-6,9H2,(H,20,21). The minimum Gasteiger partial charge on any atom is -0.326 e. The van der Waals surface area contributed by atoms with Crippen LogP contribution in [0.15, 0.2) is 46.9 Å². The van der Waals surface area contributed by atoms with Crippen LogP contribution in [-0.2, 0) is 17.6 Å². The van der Waals surface area contributed by atoms with E-state index in [2.05, 4.69) is 33.4 Å². The van der Waals surface area contributed by atoms with Gasteiger partial charge >= 0.3 is 0 Å². The Morgan fingerprint density at radius 3 is 2.71 bits per heavy atom. The van der Waals surface area contributed by atoms with Gasteiger partial charge in [0.1, 0.15) is 5.82 Å². The van der Waals surface area contributed by atoms with Crippen LogP contribution in [0.3, 0.4) is 0 Å². The van der Waals surface area contributed by atoms with Gasteiger partial charge in [0.05, 0.1) is 4.47 Å². The highest BCUT2D eigenvalue weighted by Gasteiger charge is 2.24. The predicted molar refractivity (Wildman–Crippen MR) is 84.7 cm³/mol. The van der Waals surface area contributed by atoms with Crippen LogP contribution in [0, 0.1) is 11.7 Å². The van der Waals surface area contributed by atoms with E-state index in [9.17, 15) is 9.18 Å². The Kier molecular flexibility index (Phi) is 4.06. The van der Waals surface area contributed by atoms with E-state index in [1.165, 1.54) is 17.2 Å². The second kappa shape index (κ2) is 5.98. The van der Waals surface area contributed by atoms with Crippen LogP contribution in [0.25, 0.3) is 0 Å². The molecule has 21 heavy (non-hydrogen) atoms. The molecule has 0 saturated carbocycles. The number of hydrogen-bond acceptors (Lipinski definition) is 1. The Labute approximate surface area is 131 Å². The van der Waals surface area contributed by atoms with E-state index in [4.69, 9.17) is 0 Å². The Morgan fingerprint density at radius 1 is 1.19 bits per heavy atom. The molecule has 0 fully saturated rings. The number of nitrogens with one attached hydrogen (secondary N) is 1. The van der Waals surface area contributed by atoms with Gasteiger partial charge in [-0.05, 0) is 64.5 Å². The first-order valence-electron chi connectivity index (χ1n) is 6.96. The van der Waals surface area contributed by atoms with Crippen LogP contribution in [0.4, 0.5) is 10.1 Å². The highest BCUT2D eigenvalue weighted by Crippen LogP contribution is 2.27. The van der Waals surface area contributed by atoms with E-state index < -0.39 is 0 Å². The third-order valence-electron chi connectivity index (χ3n) is 3.90. The zero-order chi connectivity index (χ0) is 14.8. The summed E-state index contributed by atoms with van der Waals surface area (Å²) in [7, 11) is 0. The van der Waals surface area contributed by atoms with Crippen LogP contribution >= 0.6 is 15.9 Å². The van der Waals surface area contributed by atoms with E-state index >= 15 is 0 Å². The van der Waals surface area contributed by atoms with Crippen molar-refractivity contribution >= 4 is 27.5 Å². The maximum atomic E-state index is 13.2. The first-order chi connectivity index (χ1) is 10.1. The minimum absolute atomic E-state index is 0.00279. The van der Waals surface area contributed by atoms with Gasteiger partial charge in [0.15, 0.2) is 0 Å². The molecule has 1 aliphatic carbocycles. The normalized spacial score (nSPS) is 17.1. The van der Waals surface area contributed by atoms with E-state index in [0.717, 1.165) is 19.3 Å². The molecule has 0 spiro atoms. The van der Waals surface area contributed by atoms with Gasteiger partial charge < -0.3 is 5.32 Å². The van der Waals surface area contributed by atoms with Gasteiger partial charge in [-0.2, -0.15) is 0 Å². The predicted octanol–water partition coefficient (Wildman–Crippen LogP) is 4.33. The quantitative estimate of drug-likeness (QED) is 0.860. The molecule has 1 unspecified atom stereocenters. The number of halogens is 2.